The van der Waals surface area contributed by atoms with Crippen molar-refractivity contribution in [3.8, 4) is 0 Å². The standard InChI is InChI=1S/C14H24INO4/c1-13(2,3)20-12(18)16-10-6-8-14(16,7-5-9-15)11(17)19-4/h5-10H2,1-4H3/t14-/m0/s1. The highest BCUT2D eigenvalue weighted by Crippen LogP contribution is 2.36. The maximum atomic E-state index is 12.4. The molecule has 0 aromatic rings. The second kappa shape index (κ2) is 6.95. The SMILES string of the molecule is COC(=O)[C@]1(CCCI)CCCN1C(=O)OC(C)(C)C. The summed E-state index contributed by atoms with van der Waals surface area (Å²) in [6.45, 7) is 6.02. The van der Waals surface area contributed by atoms with Crippen LogP contribution in [0.2, 0.25) is 0 Å². The van der Waals surface area contributed by atoms with Gasteiger partial charge in [0.05, 0.1) is 7.11 Å². The lowest BCUT2D eigenvalue weighted by molar-refractivity contribution is -0.153. The summed E-state index contributed by atoms with van der Waals surface area (Å²) in [5, 5.41) is 0. The number of carbonyl (C=O) groups excluding carboxylic acids is 2. The average molecular weight is 397 g/mol. The first-order valence-corrected chi connectivity index (χ1v) is 8.44. The van der Waals surface area contributed by atoms with Crippen molar-refractivity contribution in [3.05, 3.63) is 0 Å². The number of rotatable bonds is 4. The summed E-state index contributed by atoms with van der Waals surface area (Å²) in [4.78, 5) is 26.2. The molecule has 0 aromatic heterocycles. The number of hydrogen-bond acceptors (Lipinski definition) is 4. The molecule has 0 N–H and O–H groups in total. The lowest BCUT2D eigenvalue weighted by atomic mass is 9.91. The van der Waals surface area contributed by atoms with Crippen LogP contribution in [0, 0.1) is 0 Å². The minimum Gasteiger partial charge on any atom is -0.467 e. The van der Waals surface area contributed by atoms with E-state index in [1.165, 1.54) is 7.11 Å². The fourth-order valence-electron chi connectivity index (χ4n) is 2.59. The fraction of sp³-hybridized carbons (Fsp3) is 0.857. The molecule has 0 aliphatic carbocycles. The monoisotopic (exact) mass is 397 g/mol. The zero-order valence-corrected chi connectivity index (χ0v) is 14.9. The van der Waals surface area contributed by atoms with Crippen LogP contribution in [0.1, 0.15) is 46.5 Å². The number of likely N-dealkylation sites (tertiary alicyclic amines) is 1. The summed E-state index contributed by atoms with van der Waals surface area (Å²) < 4.78 is 11.3. The Labute approximate surface area is 134 Å². The van der Waals surface area contributed by atoms with Crippen LogP contribution in [-0.2, 0) is 14.3 Å². The molecular weight excluding hydrogens is 373 g/mol. The smallest absolute Gasteiger partial charge is 0.411 e. The molecule has 0 saturated carbocycles. The molecule has 1 atom stereocenters. The molecule has 0 radical (unpaired) electrons. The van der Waals surface area contributed by atoms with Gasteiger partial charge in [0, 0.05) is 6.54 Å². The number of carbonyl (C=O) groups is 2. The molecular formula is C14H24INO4. The number of esters is 1. The molecule has 0 bridgehead atoms. The van der Waals surface area contributed by atoms with Gasteiger partial charge in [-0.2, -0.15) is 0 Å². The van der Waals surface area contributed by atoms with Gasteiger partial charge in [-0.15, -0.1) is 0 Å². The van der Waals surface area contributed by atoms with Gasteiger partial charge in [0.15, 0.2) is 0 Å². The normalized spacial score (nSPS) is 22.8. The predicted molar refractivity (Wildman–Crippen MR) is 85.0 cm³/mol. The molecule has 0 spiro atoms. The minimum absolute atomic E-state index is 0.328. The number of methoxy groups -OCH3 is 1. The summed E-state index contributed by atoms with van der Waals surface area (Å²) in [7, 11) is 1.37. The van der Waals surface area contributed by atoms with Crippen LogP contribution in [0.4, 0.5) is 4.79 Å². The van der Waals surface area contributed by atoms with Crippen molar-refractivity contribution < 1.29 is 19.1 Å². The van der Waals surface area contributed by atoms with Gasteiger partial charge in [0.25, 0.3) is 0 Å². The van der Waals surface area contributed by atoms with Gasteiger partial charge in [-0.1, -0.05) is 22.6 Å². The maximum Gasteiger partial charge on any atom is 0.411 e. The molecule has 0 aromatic carbocycles. The van der Waals surface area contributed by atoms with Crippen LogP contribution in [0.25, 0.3) is 0 Å². The quantitative estimate of drug-likeness (QED) is 0.416. The molecule has 116 valence electrons. The van der Waals surface area contributed by atoms with Crippen LogP contribution in [0.5, 0.6) is 0 Å². The van der Waals surface area contributed by atoms with Crippen molar-refractivity contribution in [2.75, 3.05) is 18.1 Å². The van der Waals surface area contributed by atoms with E-state index in [9.17, 15) is 9.59 Å². The van der Waals surface area contributed by atoms with E-state index in [0.717, 1.165) is 17.3 Å². The van der Waals surface area contributed by atoms with E-state index >= 15 is 0 Å². The molecule has 1 aliphatic heterocycles. The Bertz CT molecular complexity index is 367. The summed E-state index contributed by atoms with van der Waals surface area (Å²) in [6, 6.07) is 0. The zero-order valence-electron chi connectivity index (χ0n) is 12.7. The molecule has 20 heavy (non-hydrogen) atoms. The maximum absolute atomic E-state index is 12.4. The summed E-state index contributed by atoms with van der Waals surface area (Å²) in [5.74, 6) is -0.328. The third kappa shape index (κ3) is 3.99. The lowest BCUT2D eigenvalue weighted by Gasteiger charge is -2.36. The first kappa shape index (κ1) is 17.5. The van der Waals surface area contributed by atoms with Crippen LogP contribution in [-0.4, -0.2) is 46.2 Å². The highest BCUT2D eigenvalue weighted by atomic mass is 127. The van der Waals surface area contributed by atoms with E-state index < -0.39 is 17.2 Å². The van der Waals surface area contributed by atoms with E-state index in [0.29, 0.717) is 19.4 Å². The van der Waals surface area contributed by atoms with E-state index in [4.69, 9.17) is 9.47 Å². The van der Waals surface area contributed by atoms with Crippen molar-refractivity contribution in [2.24, 2.45) is 0 Å². The van der Waals surface area contributed by atoms with Gasteiger partial charge in [0.1, 0.15) is 11.1 Å². The van der Waals surface area contributed by atoms with Gasteiger partial charge < -0.3 is 9.47 Å². The average Bonchev–Trinajstić information content (AvgIpc) is 2.78. The summed E-state index contributed by atoms with van der Waals surface area (Å²) in [5.41, 5.74) is -1.41. The number of hydrogen-bond donors (Lipinski definition) is 0. The number of alkyl halides is 1. The Morgan fingerprint density at radius 1 is 1.35 bits per heavy atom. The van der Waals surface area contributed by atoms with E-state index in [1.807, 2.05) is 20.8 Å². The van der Waals surface area contributed by atoms with Gasteiger partial charge in [-0.3, -0.25) is 4.90 Å². The molecule has 0 unspecified atom stereocenters. The molecule has 6 heteroatoms. The number of ether oxygens (including phenoxy) is 2. The first-order valence-electron chi connectivity index (χ1n) is 6.92. The summed E-state index contributed by atoms with van der Waals surface area (Å²) in [6.07, 6.45) is 2.52. The van der Waals surface area contributed by atoms with Gasteiger partial charge >= 0.3 is 12.1 Å². The fourth-order valence-corrected chi connectivity index (χ4v) is 2.97. The number of halogens is 1. The van der Waals surface area contributed by atoms with Gasteiger partial charge in [-0.25, -0.2) is 9.59 Å². The Kier molecular flexibility index (Phi) is 6.09. The molecule has 1 amide bonds. The van der Waals surface area contributed by atoms with Crippen molar-refractivity contribution in [1.82, 2.24) is 4.90 Å². The molecule has 1 fully saturated rings. The van der Waals surface area contributed by atoms with Gasteiger partial charge in [0.2, 0.25) is 0 Å². The Hall–Kier alpha value is -0.530. The summed E-state index contributed by atoms with van der Waals surface area (Å²) >= 11 is 2.28. The highest BCUT2D eigenvalue weighted by Gasteiger charge is 2.51. The number of nitrogens with zero attached hydrogens (tertiary/aromatic N) is 1. The minimum atomic E-state index is -0.845. The second-order valence-corrected chi connectivity index (χ2v) is 7.13. The Morgan fingerprint density at radius 2 is 2.00 bits per heavy atom. The molecule has 1 heterocycles. The van der Waals surface area contributed by atoms with E-state index in [1.54, 1.807) is 4.90 Å². The largest absolute Gasteiger partial charge is 0.467 e. The second-order valence-electron chi connectivity index (χ2n) is 6.05. The lowest BCUT2D eigenvalue weighted by Crippen LogP contribution is -2.54. The predicted octanol–water partition coefficient (Wildman–Crippen LogP) is 3.14. The van der Waals surface area contributed by atoms with E-state index in [2.05, 4.69) is 22.6 Å². The third-order valence-corrected chi connectivity index (χ3v) is 4.15. The molecule has 1 rings (SSSR count). The molecule has 1 aliphatic rings. The zero-order chi connectivity index (χ0) is 15.4. The topological polar surface area (TPSA) is 55.8 Å². The highest BCUT2D eigenvalue weighted by molar-refractivity contribution is 14.1. The van der Waals surface area contributed by atoms with Crippen molar-refractivity contribution in [3.63, 3.8) is 0 Å². The van der Waals surface area contributed by atoms with Crippen LogP contribution in [0.3, 0.4) is 0 Å². The molecule has 1 saturated heterocycles. The van der Waals surface area contributed by atoms with Crippen LogP contribution >= 0.6 is 22.6 Å². The Morgan fingerprint density at radius 3 is 2.50 bits per heavy atom. The third-order valence-electron chi connectivity index (χ3n) is 3.39. The van der Waals surface area contributed by atoms with Crippen molar-refractivity contribution >= 4 is 34.7 Å². The van der Waals surface area contributed by atoms with E-state index in [-0.39, 0.29) is 5.97 Å². The molecule has 5 nitrogen and oxygen atoms in total. The number of amides is 1. The van der Waals surface area contributed by atoms with Gasteiger partial charge in [-0.05, 0) is 50.9 Å². The van der Waals surface area contributed by atoms with Crippen LogP contribution in [0.15, 0.2) is 0 Å². The van der Waals surface area contributed by atoms with Crippen molar-refractivity contribution in [1.29, 1.82) is 0 Å². The Balaban J connectivity index is 2.96. The van der Waals surface area contributed by atoms with Crippen molar-refractivity contribution in [2.45, 2.75) is 57.6 Å². The first-order chi connectivity index (χ1) is 9.27. The van der Waals surface area contributed by atoms with Crippen LogP contribution < -0.4 is 0 Å².